The maximum Gasteiger partial charge on any atom is 0.251 e. The molecule has 1 N–H and O–H groups in total. The second-order valence-electron chi connectivity index (χ2n) is 6.42. The van der Waals surface area contributed by atoms with Crippen molar-refractivity contribution < 1.29 is 4.79 Å². The van der Waals surface area contributed by atoms with Crippen LogP contribution in [0.2, 0.25) is 0 Å². The molecule has 1 saturated carbocycles. The number of carbonyl (C=O) groups excluding carboxylic acids is 1. The predicted molar refractivity (Wildman–Crippen MR) is 92.1 cm³/mol. The van der Waals surface area contributed by atoms with E-state index >= 15 is 0 Å². The molecule has 0 radical (unpaired) electrons. The summed E-state index contributed by atoms with van der Waals surface area (Å²) in [6.45, 7) is 2.31. The SMILES string of the molecule is O=C(NC1CCCCC1)c1cccc(SN2CCCCC2)c1. The van der Waals surface area contributed by atoms with Gasteiger partial charge in [0.05, 0.1) is 0 Å². The summed E-state index contributed by atoms with van der Waals surface area (Å²) < 4.78 is 2.42. The number of rotatable bonds is 4. The van der Waals surface area contributed by atoms with Crippen molar-refractivity contribution in [3.63, 3.8) is 0 Å². The van der Waals surface area contributed by atoms with Crippen molar-refractivity contribution in [3.8, 4) is 0 Å². The van der Waals surface area contributed by atoms with Crippen molar-refractivity contribution in [2.75, 3.05) is 13.1 Å². The van der Waals surface area contributed by atoms with Crippen LogP contribution in [0.15, 0.2) is 29.2 Å². The Labute approximate surface area is 138 Å². The minimum atomic E-state index is 0.0907. The molecule has 0 spiro atoms. The molecule has 1 aromatic rings. The van der Waals surface area contributed by atoms with Gasteiger partial charge >= 0.3 is 0 Å². The third kappa shape index (κ3) is 4.50. The zero-order chi connectivity index (χ0) is 15.2. The molecule has 22 heavy (non-hydrogen) atoms. The van der Waals surface area contributed by atoms with Crippen LogP contribution in [-0.2, 0) is 0 Å². The van der Waals surface area contributed by atoms with Gasteiger partial charge in [0.2, 0.25) is 0 Å². The average molecular weight is 318 g/mol. The molecule has 1 aromatic carbocycles. The Bertz CT molecular complexity index is 494. The van der Waals surface area contributed by atoms with Crippen LogP contribution in [-0.4, -0.2) is 29.3 Å². The molecule has 1 heterocycles. The van der Waals surface area contributed by atoms with Crippen molar-refractivity contribution in [1.82, 2.24) is 9.62 Å². The second kappa shape index (κ2) is 8.02. The van der Waals surface area contributed by atoms with Crippen molar-refractivity contribution >= 4 is 17.9 Å². The Morgan fingerprint density at radius 1 is 1.05 bits per heavy atom. The lowest BCUT2D eigenvalue weighted by atomic mass is 9.95. The number of amides is 1. The monoisotopic (exact) mass is 318 g/mol. The van der Waals surface area contributed by atoms with E-state index in [1.54, 1.807) is 11.9 Å². The molecule has 3 nitrogen and oxygen atoms in total. The van der Waals surface area contributed by atoms with Crippen molar-refractivity contribution in [3.05, 3.63) is 29.8 Å². The Hall–Kier alpha value is -1.00. The molecule has 0 aromatic heterocycles. The predicted octanol–water partition coefficient (Wildman–Crippen LogP) is 4.24. The Balaban J connectivity index is 1.58. The first-order chi connectivity index (χ1) is 10.8. The fourth-order valence-corrected chi connectivity index (χ4v) is 4.37. The van der Waals surface area contributed by atoms with Gasteiger partial charge in [-0.25, -0.2) is 4.31 Å². The number of hydrogen-bond donors (Lipinski definition) is 1. The summed E-state index contributed by atoms with van der Waals surface area (Å²) in [6, 6.07) is 8.45. The van der Waals surface area contributed by atoms with Gasteiger partial charge in [-0.3, -0.25) is 4.79 Å². The summed E-state index contributed by atoms with van der Waals surface area (Å²) in [5, 5.41) is 3.20. The van der Waals surface area contributed by atoms with E-state index < -0.39 is 0 Å². The lowest BCUT2D eigenvalue weighted by molar-refractivity contribution is 0.0927. The van der Waals surface area contributed by atoms with E-state index in [0.29, 0.717) is 6.04 Å². The summed E-state index contributed by atoms with van der Waals surface area (Å²) in [5.74, 6) is 0.0907. The van der Waals surface area contributed by atoms with E-state index in [9.17, 15) is 4.79 Å². The number of nitrogens with zero attached hydrogens (tertiary/aromatic N) is 1. The number of benzene rings is 1. The largest absolute Gasteiger partial charge is 0.349 e. The first kappa shape index (κ1) is 15.9. The molecule has 1 saturated heterocycles. The van der Waals surface area contributed by atoms with Crippen LogP contribution >= 0.6 is 11.9 Å². The van der Waals surface area contributed by atoms with Crippen LogP contribution in [0.3, 0.4) is 0 Å². The molecule has 1 aliphatic carbocycles. The van der Waals surface area contributed by atoms with Crippen LogP contribution in [0.1, 0.15) is 61.7 Å². The molecule has 0 unspecified atom stereocenters. The number of nitrogens with one attached hydrogen (secondary N) is 1. The van der Waals surface area contributed by atoms with Gasteiger partial charge in [-0.1, -0.05) is 31.7 Å². The highest BCUT2D eigenvalue weighted by Crippen LogP contribution is 2.27. The van der Waals surface area contributed by atoms with E-state index in [4.69, 9.17) is 0 Å². The van der Waals surface area contributed by atoms with Gasteiger partial charge in [0.15, 0.2) is 0 Å². The van der Waals surface area contributed by atoms with Gasteiger partial charge in [0.25, 0.3) is 5.91 Å². The van der Waals surface area contributed by atoms with Gasteiger partial charge in [-0.05, 0) is 55.8 Å². The van der Waals surface area contributed by atoms with Crippen LogP contribution in [0.5, 0.6) is 0 Å². The van der Waals surface area contributed by atoms with E-state index in [2.05, 4.69) is 15.7 Å². The van der Waals surface area contributed by atoms with Crippen molar-refractivity contribution in [2.45, 2.75) is 62.3 Å². The standard InChI is InChI=1S/C18H26N2OS/c21-18(19-16-9-3-1-4-10-16)15-8-7-11-17(14-15)22-20-12-5-2-6-13-20/h7-8,11,14,16H,1-6,9-10,12-13H2,(H,19,21). The lowest BCUT2D eigenvalue weighted by Gasteiger charge is -2.25. The van der Waals surface area contributed by atoms with Crippen molar-refractivity contribution in [1.29, 1.82) is 0 Å². The number of carbonyl (C=O) groups is 1. The molecule has 0 atom stereocenters. The summed E-state index contributed by atoms with van der Waals surface area (Å²) in [6.07, 6.45) is 9.99. The minimum absolute atomic E-state index is 0.0907. The van der Waals surface area contributed by atoms with E-state index in [1.165, 1.54) is 43.4 Å². The zero-order valence-corrected chi connectivity index (χ0v) is 14.0. The van der Waals surface area contributed by atoms with E-state index in [1.807, 2.05) is 18.2 Å². The van der Waals surface area contributed by atoms with E-state index in [0.717, 1.165) is 31.5 Å². The molecule has 120 valence electrons. The van der Waals surface area contributed by atoms with Gasteiger partial charge < -0.3 is 5.32 Å². The topological polar surface area (TPSA) is 32.3 Å². The average Bonchev–Trinajstić information content (AvgIpc) is 2.57. The quantitative estimate of drug-likeness (QED) is 0.843. The normalized spacial score (nSPS) is 20.7. The molecule has 0 bridgehead atoms. The summed E-state index contributed by atoms with van der Waals surface area (Å²) in [5.41, 5.74) is 0.799. The Morgan fingerprint density at radius 2 is 1.77 bits per heavy atom. The maximum atomic E-state index is 12.4. The van der Waals surface area contributed by atoms with Crippen LogP contribution in [0.4, 0.5) is 0 Å². The molecular formula is C18H26N2OS. The first-order valence-corrected chi connectivity index (χ1v) is 9.42. The van der Waals surface area contributed by atoms with E-state index in [-0.39, 0.29) is 5.91 Å². The highest BCUT2D eigenvalue weighted by Gasteiger charge is 2.17. The number of piperidine rings is 1. The Kier molecular flexibility index (Phi) is 5.79. The maximum absolute atomic E-state index is 12.4. The fourth-order valence-electron chi connectivity index (χ4n) is 3.32. The highest BCUT2D eigenvalue weighted by atomic mass is 32.2. The molecule has 1 amide bonds. The fraction of sp³-hybridized carbons (Fsp3) is 0.611. The molecule has 4 heteroatoms. The molecular weight excluding hydrogens is 292 g/mol. The minimum Gasteiger partial charge on any atom is -0.349 e. The number of hydrogen-bond acceptors (Lipinski definition) is 3. The lowest BCUT2D eigenvalue weighted by Crippen LogP contribution is -2.36. The van der Waals surface area contributed by atoms with Gasteiger partial charge in [-0.2, -0.15) is 0 Å². The first-order valence-electron chi connectivity index (χ1n) is 8.65. The summed E-state index contributed by atoms with van der Waals surface area (Å²) in [4.78, 5) is 13.6. The smallest absolute Gasteiger partial charge is 0.251 e. The molecule has 2 aliphatic rings. The third-order valence-corrected chi connectivity index (χ3v) is 5.67. The zero-order valence-electron chi connectivity index (χ0n) is 13.2. The van der Waals surface area contributed by atoms with Gasteiger partial charge in [0, 0.05) is 29.6 Å². The Morgan fingerprint density at radius 3 is 2.55 bits per heavy atom. The summed E-state index contributed by atoms with van der Waals surface area (Å²) >= 11 is 1.80. The third-order valence-electron chi connectivity index (χ3n) is 4.59. The second-order valence-corrected chi connectivity index (χ2v) is 7.59. The van der Waals surface area contributed by atoms with Gasteiger partial charge in [0.1, 0.15) is 0 Å². The molecule has 2 fully saturated rings. The van der Waals surface area contributed by atoms with Crippen LogP contribution in [0.25, 0.3) is 0 Å². The van der Waals surface area contributed by atoms with Gasteiger partial charge in [-0.15, -0.1) is 0 Å². The van der Waals surface area contributed by atoms with Crippen LogP contribution < -0.4 is 5.32 Å². The summed E-state index contributed by atoms with van der Waals surface area (Å²) in [7, 11) is 0. The van der Waals surface area contributed by atoms with Crippen LogP contribution in [0, 0.1) is 0 Å². The molecule has 3 rings (SSSR count). The molecule has 1 aliphatic heterocycles. The van der Waals surface area contributed by atoms with Crippen molar-refractivity contribution in [2.24, 2.45) is 0 Å². The highest BCUT2D eigenvalue weighted by molar-refractivity contribution is 7.97.